The molecule has 1 atom stereocenters. The van der Waals surface area contributed by atoms with Crippen LogP contribution in [-0.2, 0) is 4.79 Å². The number of hydrogen-bond donors (Lipinski definition) is 2. The van der Waals surface area contributed by atoms with Gasteiger partial charge in [0.2, 0.25) is 5.91 Å². The van der Waals surface area contributed by atoms with Crippen molar-refractivity contribution in [1.29, 1.82) is 5.26 Å². The summed E-state index contributed by atoms with van der Waals surface area (Å²) in [5.74, 6) is -0.154. The Morgan fingerprint density at radius 2 is 2.24 bits per heavy atom. The zero-order chi connectivity index (χ0) is 12.7. The number of nitriles is 1. The molecule has 90 valence electrons. The summed E-state index contributed by atoms with van der Waals surface area (Å²) in [6, 6.07) is 8.57. The van der Waals surface area contributed by atoms with E-state index in [2.05, 4.69) is 10.6 Å². The summed E-state index contributed by atoms with van der Waals surface area (Å²) in [6.07, 6.45) is 0.107. The van der Waals surface area contributed by atoms with E-state index in [0.29, 0.717) is 17.3 Å². The monoisotopic (exact) mass is 251 g/mol. The first-order valence-corrected chi connectivity index (χ1v) is 5.72. The first-order chi connectivity index (χ1) is 8.17. The van der Waals surface area contributed by atoms with Crippen LogP contribution in [0.5, 0.6) is 0 Å². The van der Waals surface area contributed by atoms with Crippen LogP contribution in [0.1, 0.15) is 13.3 Å². The molecular weight excluding hydrogens is 238 g/mol. The number of carbonyl (C=O) groups is 1. The Labute approximate surface area is 106 Å². The molecule has 0 spiro atoms. The minimum Gasteiger partial charge on any atom is -0.368 e. The summed E-state index contributed by atoms with van der Waals surface area (Å²) in [5.41, 5.74) is 0.657. The second kappa shape index (κ2) is 6.77. The Morgan fingerprint density at radius 1 is 1.53 bits per heavy atom. The average molecular weight is 252 g/mol. The third-order valence-corrected chi connectivity index (χ3v) is 2.45. The molecule has 0 heterocycles. The fourth-order valence-electron chi connectivity index (χ4n) is 1.35. The topological polar surface area (TPSA) is 64.9 Å². The van der Waals surface area contributed by atoms with E-state index in [-0.39, 0.29) is 12.3 Å². The molecule has 0 aromatic heterocycles. The van der Waals surface area contributed by atoms with Crippen molar-refractivity contribution in [3.8, 4) is 6.07 Å². The van der Waals surface area contributed by atoms with Crippen molar-refractivity contribution in [2.24, 2.45) is 0 Å². The summed E-state index contributed by atoms with van der Waals surface area (Å²) < 4.78 is 0. The molecule has 17 heavy (non-hydrogen) atoms. The molecule has 1 amide bonds. The van der Waals surface area contributed by atoms with Gasteiger partial charge >= 0.3 is 0 Å². The normalized spacial score (nSPS) is 11.4. The van der Waals surface area contributed by atoms with Crippen molar-refractivity contribution < 1.29 is 4.79 Å². The van der Waals surface area contributed by atoms with Crippen LogP contribution in [0.4, 0.5) is 5.69 Å². The number of amides is 1. The van der Waals surface area contributed by atoms with Gasteiger partial charge in [0.1, 0.15) is 6.04 Å². The molecule has 0 aliphatic carbocycles. The molecule has 0 saturated carbocycles. The first-order valence-electron chi connectivity index (χ1n) is 5.34. The fraction of sp³-hybridized carbons (Fsp3) is 0.333. The predicted octanol–water partition coefficient (Wildman–Crippen LogP) is 2.17. The number of rotatable bonds is 5. The van der Waals surface area contributed by atoms with E-state index in [0.717, 1.165) is 0 Å². The molecular formula is C12H14ClN3O. The minimum atomic E-state index is -0.582. The zero-order valence-electron chi connectivity index (χ0n) is 9.53. The number of halogens is 1. The van der Waals surface area contributed by atoms with Gasteiger partial charge in [-0.15, -0.1) is 0 Å². The van der Waals surface area contributed by atoms with Crippen LogP contribution < -0.4 is 10.6 Å². The number of hydrogen-bond acceptors (Lipinski definition) is 3. The van der Waals surface area contributed by atoms with Crippen LogP contribution in [0, 0.1) is 11.3 Å². The Kier molecular flexibility index (Phi) is 5.31. The van der Waals surface area contributed by atoms with Gasteiger partial charge in [0.05, 0.1) is 23.2 Å². The summed E-state index contributed by atoms with van der Waals surface area (Å²) in [5, 5.41) is 15.1. The van der Waals surface area contributed by atoms with E-state index in [1.54, 1.807) is 18.2 Å². The van der Waals surface area contributed by atoms with Gasteiger partial charge < -0.3 is 10.6 Å². The molecule has 5 heteroatoms. The average Bonchev–Trinajstić information content (AvgIpc) is 2.31. The number of carbonyl (C=O) groups excluding carboxylic acids is 1. The Morgan fingerprint density at radius 3 is 2.82 bits per heavy atom. The van der Waals surface area contributed by atoms with Crippen molar-refractivity contribution in [3.63, 3.8) is 0 Å². The number of para-hydroxylation sites is 1. The summed E-state index contributed by atoms with van der Waals surface area (Å²) in [7, 11) is 0. The highest BCUT2D eigenvalue weighted by atomic mass is 35.5. The van der Waals surface area contributed by atoms with Crippen LogP contribution in [0.25, 0.3) is 0 Å². The molecule has 0 radical (unpaired) electrons. The zero-order valence-corrected chi connectivity index (χ0v) is 10.3. The number of nitrogens with zero attached hydrogens (tertiary/aromatic N) is 1. The van der Waals surface area contributed by atoms with Gasteiger partial charge in [0.15, 0.2) is 0 Å². The van der Waals surface area contributed by atoms with Crippen LogP contribution >= 0.6 is 11.6 Å². The maximum absolute atomic E-state index is 11.4. The van der Waals surface area contributed by atoms with Crippen LogP contribution in [0.15, 0.2) is 24.3 Å². The van der Waals surface area contributed by atoms with E-state index in [1.165, 1.54) is 0 Å². The van der Waals surface area contributed by atoms with Gasteiger partial charge in [0.25, 0.3) is 0 Å². The summed E-state index contributed by atoms with van der Waals surface area (Å²) in [4.78, 5) is 11.4. The largest absolute Gasteiger partial charge is 0.368 e. The lowest BCUT2D eigenvalue weighted by atomic mass is 10.2. The third-order valence-electron chi connectivity index (χ3n) is 2.12. The standard InChI is InChI=1S/C12H14ClN3O/c1-2-15-12(17)7-9(8-14)16-11-6-4-3-5-10(11)13/h3-6,9,16H,2,7H2,1H3,(H,15,17). The molecule has 0 aliphatic heterocycles. The molecule has 0 fully saturated rings. The Hall–Kier alpha value is -1.73. The minimum absolute atomic E-state index is 0.107. The van der Waals surface area contributed by atoms with E-state index in [1.807, 2.05) is 19.1 Å². The summed E-state index contributed by atoms with van der Waals surface area (Å²) in [6.45, 7) is 2.39. The van der Waals surface area contributed by atoms with Gasteiger partial charge in [-0.2, -0.15) is 5.26 Å². The van der Waals surface area contributed by atoms with E-state index < -0.39 is 6.04 Å². The van der Waals surface area contributed by atoms with Gasteiger partial charge in [-0.05, 0) is 19.1 Å². The van der Waals surface area contributed by atoms with Gasteiger partial charge in [-0.25, -0.2) is 0 Å². The van der Waals surface area contributed by atoms with Crippen molar-refractivity contribution in [1.82, 2.24) is 5.32 Å². The Bertz CT molecular complexity index is 428. The fourth-order valence-corrected chi connectivity index (χ4v) is 1.54. The molecule has 1 rings (SSSR count). The summed E-state index contributed by atoms with van der Waals surface area (Å²) >= 11 is 5.95. The lowest BCUT2D eigenvalue weighted by Crippen LogP contribution is -2.30. The van der Waals surface area contributed by atoms with Crippen LogP contribution in [-0.4, -0.2) is 18.5 Å². The van der Waals surface area contributed by atoms with Crippen molar-refractivity contribution >= 4 is 23.2 Å². The molecule has 0 bridgehead atoms. The highest BCUT2D eigenvalue weighted by Crippen LogP contribution is 2.21. The predicted molar refractivity (Wildman–Crippen MR) is 67.8 cm³/mol. The smallest absolute Gasteiger partial charge is 0.223 e. The molecule has 1 unspecified atom stereocenters. The third kappa shape index (κ3) is 4.33. The molecule has 1 aromatic carbocycles. The quantitative estimate of drug-likeness (QED) is 0.843. The van der Waals surface area contributed by atoms with Gasteiger partial charge in [-0.1, -0.05) is 23.7 Å². The maximum atomic E-state index is 11.4. The highest BCUT2D eigenvalue weighted by Gasteiger charge is 2.13. The van der Waals surface area contributed by atoms with E-state index in [9.17, 15) is 4.79 Å². The van der Waals surface area contributed by atoms with Crippen molar-refractivity contribution in [2.75, 3.05) is 11.9 Å². The number of anilines is 1. The lowest BCUT2D eigenvalue weighted by molar-refractivity contribution is -0.121. The lowest BCUT2D eigenvalue weighted by Gasteiger charge is -2.13. The SMILES string of the molecule is CCNC(=O)CC(C#N)Nc1ccccc1Cl. The second-order valence-corrected chi connectivity index (χ2v) is 3.87. The van der Waals surface area contributed by atoms with Gasteiger partial charge in [-0.3, -0.25) is 4.79 Å². The Balaban J connectivity index is 2.62. The number of benzene rings is 1. The molecule has 0 aliphatic rings. The van der Waals surface area contributed by atoms with Crippen LogP contribution in [0.3, 0.4) is 0 Å². The van der Waals surface area contributed by atoms with Crippen molar-refractivity contribution in [3.05, 3.63) is 29.3 Å². The van der Waals surface area contributed by atoms with Crippen molar-refractivity contribution in [2.45, 2.75) is 19.4 Å². The molecule has 4 nitrogen and oxygen atoms in total. The van der Waals surface area contributed by atoms with E-state index in [4.69, 9.17) is 16.9 Å². The van der Waals surface area contributed by atoms with E-state index >= 15 is 0 Å². The first kappa shape index (κ1) is 13.3. The second-order valence-electron chi connectivity index (χ2n) is 3.46. The van der Waals surface area contributed by atoms with Crippen LogP contribution in [0.2, 0.25) is 5.02 Å². The molecule has 2 N–H and O–H groups in total. The van der Waals surface area contributed by atoms with Gasteiger partial charge in [0, 0.05) is 6.54 Å². The molecule has 1 aromatic rings. The number of nitrogens with one attached hydrogen (secondary N) is 2. The highest BCUT2D eigenvalue weighted by molar-refractivity contribution is 6.33. The molecule has 0 saturated heterocycles. The maximum Gasteiger partial charge on any atom is 0.223 e.